The molecule has 41 valence electrons. The predicted octanol–water partition coefficient (Wildman–Crippen LogP) is 0.898. The third-order valence-electron chi connectivity index (χ3n) is 0.649. The summed E-state index contributed by atoms with van der Waals surface area (Å²) in [5.41, 5.74) is 5.05. The monoisotopic (exact) mass is 117 g/mol. The van der Waals surface area contributed by atoms with E-state index in [1.54, 1.807) is 13.8 Å². The molecule has 0 saturated heterocycles. The summed E-state index contributed by atoms with van der Waals surface area (Å²) in [6, 6.07) is 0. The van der Waals surface area contributed by atoms with Crippen LogP contribution in [0.1, 0.15) is 13.8 Å². The average molecular weight is 117 g/mol. The second kappa shape index (κ2) is 1.74. The SMILES string of the molecule is CC(C)([S])C(=N)N. The fourth-order valence-electron chi connectivity index (χ4n) is 0. The Kier molecular flexibility index (Phi) is 1.69. The molecule has 0 atom stereocenters. The van der Waals surface area contributed by atoms with Gasteiger partial charge in [0.2, 0.25) is 0 Å². The summed E-state index contributed by atoms with van der Waals surface area (Å²) in [4.78, 5) is 0. The number of rotatable bonds is 1. The molecule has 0 fully saturated rings. The molecule has 0 rings (SSSR count). The van der Waals surface area contributed by atoms with E-state index in [1.165, 1.54) is 0 Å². The summed E-state index contributed by atoms with van der Waals surface area (Å²) in [5.74, 6) is 0.0579. The lowest BCUT2D eigenvalue weighted by Crippen LogP contribution is -2.31. The van der Waals surface area contributed by atoms with Crippen molar-refractivity contribution in [3.05, 3.63) is 0 Å². The Morgan fingerprint density at radius 3 is 1.86 bits per heavy atom. The number of hydrogen-bond acceptors (Lipinski definition) is 1. The smallest absolute Gasteiger partial charge is 0.107 e. The maximum Gasteiger partial charge on any atom is 0.107 e. The van der Waals surface area contributed by atoms with E-state index in [0.717, 1.165) is 0 Å². The Bertz CT molecular complexity index is 82.2. The molecule has 0 aliphatic rings. The highest BCUT2D eigenvalue weighted by Gasteiger charge is 2.14. The highest BCUT2D eigenvalue weighted by atomic mass is 32.1. The van der Waals surface area contributed by atoms with E-state index >= 15 is 0 Å². The zero-order chi connectivity index (χ0) is 6.08. The second-order valence-corrected chi connectivity index (χ2v) is 2.94. The number of hydrogen-bond donors (Lipinski definition) is 2. The third kappa shape index (κ3) is 2.51. The van der Waals surface area contributed by atoms with Gasteiger partial charge in [-0.2, -0.15) is 0 Å². The van der Waals surface area contributed by atoms with Gasteiger partial charge in [0, 0.05) is 0 Å². The molecule has 0 spiro atoms. The molecule has 0 aromatic carbocycles. The van der Waals surface area contributed by atoms with Gasteiger partial charge in [0.05, 0.1) is 4.75 Å². The van der Waals surface area contributed by atoms with Gasteiger partial charge in [-0.3, -0.25) is 5.41 Å². The minimum absolute atomic E-state index is 0.0579. The van der Waals surface area contributed by atoms with Crippen LogP contribution in [0.4, 0.5) is 0 Å². The Morgan fingerprint density at radius 1 is 1.71 bits per heavy atom. The molecule has 0 bridgehead atoms. The zero-order valence-electron chi connectivity index (χ0n) is 4.49. The first kappa shape index (κ1) is 6.82. The van der Waals surface area contributed by atoms with E-state index in [9.17, 15) is 0 Å². The van der Waals surface area contributed by atoms with E-state index in [0.29, 0.717) is 0 Å². The third-order valence-corrected chi connectivity index (χ3v) is 0.869. The molecule has 3 N–H and O–H groups in total. The number of nitrogens with two attached hydrogens (primary N) is 1. The van der Waals surface area contributed by atoms with Crippen molar-refractivity contribution >= 4 is 18.5 Å². The summed E-state index contributed by atoms with van der Waals surface area (Å²) >= 11 is 4.76. The van der Waals surface area contributed by atoms with Crippen molar-refractivity contribution in [3.8, 4) is 0 Å². The molecule has 1 radical (unpaired) electrons. The van der Waals surface area contributed by atoms with Gasteiger partial charge < -0.3 is 5.73 Å². The maximum atomic E-state index is 6.82. The second-order valence-electron chi connectivity index (χ2n) is 1.92. The minimum atomic E-state index is -0.556. The summed E-state index contributed by atoms with van der Waals surface area (Å²) in [5, 5.41) is 6.82. The summed E-state index contributed by atoms with van der Waals surface area (Å²) in [6.07, 6.45) is 0. The highest BCUT2D eigenvalue weighted by Crippen LogP contribution is 2.09. The number of amidine groups is 1. The van der Waals surface area contributed by atoms with Gasteiger partial charge in [0.15, 0.2) is 0 Å². The Hall–Kier alpha value is -0.180. The fraction of sp³-hybridized carbons (Fsp3) is 0.750. The molecule has 0 aliphatic heterocycles. The van der Waals surface area contributed by atoms with Crippen LogP contribution in [0.25, 0.3) is 0 Å². The molecular weight excluding hydrogens is 108 g/mol. The topological polar surface area (TPSA) is 49.9 Å². The number of nitrogens with one attached hydrogen (secondary N) is 1. The van der Waals surface area contributed by atoms with Gasteiger partial charge in [-0.25, -0.2) is 0 Å². The van der Waals surface area contributed by atoms with Crippen molar-refractivity contribution in [2.75, 3.05) is 0 Å². The van der Waals surface area contributed by atoms with Crippen LogP contribution in [-0.2, 0) is 0 Å². The van der Waals surface area contributed by atoms with E-state index in [4.69, 9.17) is 23.8 Å². The van der Waals surface area contributed by atoms with Crippen molar-refractivity contribution in [2.45, 2.75) is 18.6 Å². The predicted molar refractivity (Wildman–Crippen MR) is 33.6 cm³/mol. The normalized spacial score (nSPS) is 11.3. The van der Waals surface area contributed by atoms with E-state index in [-0.39, 0.29) is 5.84 Å². The Balaban J connectivity index is 3.79. The zero-order valence-corrected chi connectivity index (χ0v) is 5.30. The molecular formula is C4H9N2S. The largest absolute Gasteiger partial charge is 0.386 e. The lowest BCUT2D eigenvalue weighted by molar-refractivity contribution is 0.936. The van der Waals surface area contributed by atoms with E-state index in [2.05, 4.69) is 0 Å². The Morgan fingerprint density at radius 2 is 1.86 bits per heavy atom. The van der Waals surface area contributed by atoms with Crippen LogP contribution >= 0.6 is 12.6 Å². The average Bonchev–Trinajstić information content (AvgIpc) is 1.31. The van der Waals surface area contributed by atoms with E-state index in [1.807, 2.05) is 0 Å². The quantitative estimate of drug-likeness (QED) is 0.389. The standard InChI is InChI=1S/C4H9N2S/c1-4(2,7)3(5)6/h1-2H3,(H3,5,6). The van der Waals surface area contributed by atoms with E-state index < -0.39 is 4.75 Å². The lowest BCUT2D eigenvalue weighted by atomic mass is 10.2. The summed E-state index contributed by atoms with van der Waals surface area (Å²) in [7, 11) is 0. The van der Waals surface area contributed by atoms with Crippen LogP contribution < -0.4 is 5.73 Å². The molecule has 2 nitrogen and oxygen atoms in total. The van der Waals surface area contributed by atoms with Gasteiger partial charge in [0.25, 0.3) is 0 Å². The van der Waals surface area contributed by atoms with Crippen molar-refractivity contribution in [2.24, 2.45) is 5.73 Å². The van der Waals surface area contributed by atoms with Crippen LogP contribution in [0.5, 0.6) is 0 Å². The summed E-state index contributed by atoms with van der Waals surface area (Å²) < 4.78 is -0.556. The first-order valence-corrected chi connectivity index (χ1v) is 2.40. The lowest BCUT2D eigenvalue weighted by Gasteiger charge is -2.11. The first-order valence-electron chi connectivity index (χ1n) is 1.99. The van der Waals surface area contributed by atoms with Crippen LogP contribution in [0, 0.1) is 5.41 Å². The van der Waals surface area contributed by atoms with Crippen LogP contribution in [0.3, 0.4) is 0 Å². The molecule has 0 aromatic heterocycles. The van der Waals surface area contributed by atoms with Crippen LogP contribution in [0.15, 0.2) is 0 Å². The molecule has 0 aromatic rings. The van der Waals surface area contributed by atoms with Crippen LogP contribution in [-0.4, -0.2) is 10.6 Å². The van der Waals surface area contributed by atoms with Gasteiger partial charge in [-0.15, -0.1) is 0 Å². The van der Waals surface area contributed by atoms with Crippen molar-refractivity contribution < 1.29 is 0 Å². The highest BCUT2D eigenvalue weighted by molar-refractivity contribution is 7.82. The molecule has 0 heterocycles. The van der Waals surface area contributed by atoms with Gasteiger partial charge in [0.1, 0.15) is 5.84 Å². The molecule has 3 heteroatoms. The van der Waals surface area contributed by atoms with Crippen molar-refractivity contribution in [1.82, 2.24) is 0 Å². The molecule has 0 saturated carbocycles. The summed E-state index contributed by atoms with van der Waals surface area (Å²) in [6.45, 7) is 3.45. The fourth-order valence-corrected chi connectivity index (χ4v) is 0. The van der Waals surface area contributed by atoms with Crippen molar-refractivity contribution in [3.63, 3.8) is 0 Å². The Labute approximate surface area is 49.0 Å². The molecule has 0 amide bonds. The first-order chi connectivity index (χ1) is 2.94. The minimum Gasteiger partial charge on any atom is -0.386 e. The van der Waals surface area contributed by atoms with Gasteiger partial charge >= 0.3 is 0 Å². The molecule has 7 heavy (non-hydrogen) atoms. The van der Waals surface area contributed by atoms with Crippen LogP contribution in [0.2, 0.25) is 0 Å². The van der Waals surface area contributed by atoms with Crippen molar-refractivity contribution in [1.29, 1.82) is 5.41 Å². The van der Waals surface area contributed by atoms with Gasteiger partial charge in [-0.1, -0.05) is 12.6 Å². The molecule has 0 aliphatic carbocycles. The maximum absolute atomic E-state index is 6.82. The van der Waals surface area contributed by atoms with Gasteiger partial charge in [-0.05, 0) is 13.8 Å². The molecule has 0 unspecified atom stereocenters.